The molecule has 1 aliphatic heterocycles. The van der Waals surface area contributed by atoms with Crippen molar-refractivity contribution in [3.8, 4) is 0 Å². The fourth-order valence-corrected chi connectivity index (χ4v) is 4.28. The summed E-state index contributed by atoms with van der Waals surface area (Å²) in [6, 6.07) is 22.4. The first-order chi connectivity index (χ1) is 15.0. The highest BCUT2D eigenvalue weighted by molar-refractivity contribution is 8.04. The lowest BCUT2D eigenvalue weighted by Gasteiger charge is -2.15. The molecule has 1 aliphatic rings. The number of aryl methyl sites for hydroxylation is 2. The number of amides is 2. The second kappa shape index (κ2) is 9.00. The summed E-state index contributed by atoms with van der Waals surface area (Å²) in [6.07, 6.45) is 0.930. The third-order valence-electron chi connectivity index (χ3n) is 5.00. The summed E-state index contributed by atoms with van der Waals surface area (Å²) in [5.74, 6) is -0.716. The van der Waals surface area contributed by atoms with E-state index in [9.17, 15) is 9.59 Å². The molecule has 0 saturated carbocycles. The number of imide groups is 1. The van der Waals surface area contributed by atoms with Gasteiger partial charge in [-0.25, -0.2) is 4.90 Å². The maximum Gasteiger partial charge on any atom is 0.283 e. The minimum absolute atomic E-state index is 0.273. The molecular formula is C25H21ClN2O2S. The Balaban J connectivity index is 1.71. The number of nitrogens with zero attached hydrogens (tertiary/aromatic N) is 1. The third-order valence-corrected chi connectivity index (χ3v) is 6.34. The summed E-state index contributed by atoms with van der Waals surface area (Å²) in [6.45, 7) is 4.05. The third kappa shape index (κ3) is 4.53. The molecule has 1 heterocycles. The Morgan fingerprint density at radius 3 is 2.13 bits per heavy atom. The van der Waals surface area contributed by atoms with Crippen molar-refractivity contribution in [2.24, 2.45) is 0 Å². The first kappa shape index (κ1) is 21.2. The maximum absolute atomic E-state index is 13.3. The van der Waals surface area contributed by atoms with E-state index < -0.39 is 0 Å². The minimum Gasteiger partial charge on any atom is -0.350 e. The first-order valence-electron chi connectivity index (χ1n) is 9.95. The van der Waals surface area contributed by atoms with Crippen molar-refractivity contribution in [3.63, 3.8) is 0 Å². The van der Waals surface area contributed by atoms with Gasteiger partial charge in [-0.2, -0.15) is 0 Å². The van der Waals surface area contributed by atoms with Crippen LogP contribution in [-0.2, 0) is 16.0 Å². The van der Waals surface area contributed by atoms with Crippen molar-refractivity contribution < 1.29 is 9.59 Å². The van der Waals surface area contributed by atoms with Crippen LogP contribution in [0.2, 0.25) is 5.02 Å². The summed E-state index contributed by atoms with van der Waals surface area (Å²) in [5, 5.41) is 3.80. The average molecular weight is 449 g/mol. The molecule has 2 amide bonds. The van der Waals surface area contributed by atoms with Gasteiger partial charge in [0, 0.05) is 15.6 Å². The first-order valence-corrected chi connectivity index (χ1v) is 11.1. The Labute approximate surface area is 190 Å². The van der Waals surface area contributed by atoms with E-state index in [1.54, 1.807) is 24.3 Å². The summed E-state index contributed by atoms with van der Waals surface area (Å²) in [7, 11) is 0. The highest BCUT2D eigenvalue weighted by atomic mass is 35.5. The van der Waals surface area contributed by atoms with Crippen LogP contribution in [0.1, 0.15) is 18.1 Å². The van der Waals surface area contributed by atoms with E-state index in [-0.39, 0.29) is 17.5 Å². The van der Waals surface area contributed by atoms with Gasteiger partial charge in [-0.15, -0.1) is 0 Å². The van der Waals surface area contributed by atoms with E-state index in [1.165, 1.54) is 22.2 Å². The molecule has 156 valence electrons. The number of hydrogen-bond donors (Lipinski definition) is 1. The van der Waals surface area contributed by atoms with Crippen LogP contribution in [0, 0.1) is 6.92 Å². The molecule has 0 unspecified atom stereocenters. The molecule has 1 N–H and O–H groups in total. The lowest BCUT2D eigenvalue weighted by atomic mass is 10.1. The number of halogens is 1. The van der Waals surface area contributed by atoms with Crippen molar-refractivity contribution in [3.05, 3.63) is 99.5 Å². The van der Waals surface area contributed by atoms with Gasteiger partial charge in [-0.1, -0.05) is 60.1 Å². The average Bonchev–Trinajstić information content (AvgIpc) is 3.00. The topological polar surface area (TPSA) is 49.4 Å². The number of benzene rings is 3. The van der Waals surface area contributed by atoms with Crippen molar-refractivity contribution >= 4 is 46.6 Å². The Kier molecular flexibility index (Phi) is 6.16. The SMILES string of the molecule is CCc1ccc(NC2=C(Sc3ccc(Cl)cc3)C(=O)N(c3ccc(C)cc3)C2=O)cc1. The molecule has 31 heavy (non-hydrogen) atoms. The molecule has 0 saturated heterocycles. The largest absolute Gasteiger partial charge is 0.350 e. The number of carbonyl (C=O) groups excluding carboxylic acids is 2. The van der Waals surface area contributed by atoms with Crippen molar-refractivity contribution in [1.82, 2.24) is 0 Å². The van der Waals surface area contributed by atoms with E-state index in [0.29, 0.717) is 15.6 Å². The standard InChI is InChI=1S/C25H21ClN2O2S/c1-3-17-6-10-19(11-7-17)27-22-23(31-21-14-8-18(26)9-15-21)25(30)28(24(22)29)20-12-4-16(2)5-13-20/h4-15,27H,3H2,1-2H3. The van der Waals surface area contributed by atoms with Crippen LogP contribution in [0.4, 0.5) is 11.4 Å². The van der Waals surface area contributed by atoms with Crippen LogP contribution in [-0.4, -0.2) is 11.8 Å². The molecular weight excluding hydrogens is 428 g/mol. The number of anilines is 2. The van der Waals surface area contributed by atoms with E-state index in [0.717, 1.165) is 22.6 Å². The highest BCUT2D eigenvalue weighted by Gasteiger charge is 2.40. The monoisotopic (exact) mass is 448 g/mol. The van der Waals surface area contributed by atoms with Crippen LogP contribution in [0.3, 0.4) is 0 Å². The van der Waals surface area contributed by atoms with Crippen molar-refractivity contribution in [2.75, 3.05) is 10.2 Å². The Morgan fingerprint density at radius 1 is 0.871 bits per heavy atom. The van der Waals surface area contributed by atoms with Gasteiger partial charge >= 0.3 is 0 Å². The Bertz CT molecular complexity index is 1150. The minimum atomic E-state index is -0.370. The second-order valence-electron chi connectivity index (χ2n) is 7.22. The number of hydrogen-bond acceptors (Lipinski definition) is 4. The lowest BCUT2D eigenvalue weighted by Crippen LogP contribution is -2.32. The number of nitrogens with one attached hydrogen (secondary N) is 1. The van der Waals surface area contributed by atoms with Gasteiger partial charge in [-0.3, -0.25) is 9.59 Å². The van der Waals surface area contributed by atoms with E-state index >= 15 is 0 Å². The molecule has 0 fully saturated rings. The van der Waals surface area contributed by atoms with E-state index in [2.05, 4.69) is 12.2 Å². The fourth-order valence-electron chi connectivity index (χ4n) is 3.23. The molecule has 3 aromatic carbocycles. The summed E-state index contributed by atoms with van der Waals surface area (Å²) in [4.78, 5) is 29.1. The molecule has 4 nitrogen and oxygen atoms in total. The predicted molar refractivity (Wildman–Crippen MR) is 127 cm³/mol. The summed E-state index contributed by atoms with van der Waals surface area (Å²) in [5.41, 5.74) is 3.84. The zero-order valence-corrected chi connectivity index (χ0v) is 18.8. The van der Waals surface area contributed by atoms with Gasteiger partial charge < -0.3 is 5.32 Å². The maximum atomic E-state index is 13.3. The van der Waals surface area contributed by atoms with Crippen LogP contribution >= 0.6 is 23.4 Å². The van der Waals surface area contributed by atoms with Crippen LogP contribution in [0.5, 0.6) is 0 Å². The zero-order chi connectivity index (χ0) is 22.0. The second-order valence-corrected chi connectivity index (χ2v) is 8.74. The molecule has 0 atom stereocenters. The molecule has 0 aliphatic carbocycles. The molecule has 0 bridgehead atoms. The number of carbonyl (C=O) groups is 2. The summed E-state index contributed by atoms with van der Waals surface area (Å²) < 4.78 is 0. The highest BCUT2D eigenvalue weighted by Crippen LogP contribution is 2.38. The fraction of sp³-hybridized carbons (Fsp3) is 0.120. The zero-order valence-electron chi connectivity index (χ0n) is 17.2. The van der Waals surface area contributed by atoms with Gasteiger partial charge in [0.15, 0.2) is 0 Å². The quantitative estimate of drug-likeness (QED) is 0.456. The van der Waals surface area contributed by atoms with Gasteiger partial charge in [-0.05, 0) is 67.4 Å². The lowest BCUT2D eigenvalue weighted by molar-refractivity contribution is -0.120. The van der Waals surface area contributed by atoms with E-state index in [4.69, 9.17) is 11.6 Å². The molecule has 4 rings (SSSR count). The summed E-state index contributed by atoms with van der Waals surface area (Å²) >= 11 is 7.25. The van der Waals surface area contributed by atoms with Crippen LogP contribution < -0.4 is 10.2 Å². The van der Waals surface area contributed by atoms with Gasteiger partial charge in [0.05, 0.1) is 5.69 Å². The van der Waals surface area contributed by atoms with Crippen LogP contribution in [0.15, 0.2) is 88.3 Å². The van der Waals surface area contributed by atoms with Gasteiger partial charge in [0.2, 0.25) is 0 Å². The van der Waals surface area contributed by atoms with Gasteiger partial charge in [0.25, 0.3) is 11.8 Å². The molecule has 6 heteroatoms. The number of rotatable bonds is 6. The smallest absolute Gasteiger partial charge is 0.283 e. The molecule has 0 radical (unpaired) electrons. The molecule has 0 aromatic heterocycles. The predicted octanol–water partition coefficient (Wildman–Crippen LogP) is 6.20. The normalized spacial score (nSPS) is 13.8. The van der Waals surface area contributed by atoms with Gasteiger partial charge in [0.1, 0.15) is 10.6 Å². The Morgan fingerprint density at radius 2 is 1.52 bits per heavy atom. The van der Waals surface area contributed by atoms with Crippen molar-refractivity contribution in [1.29, 1.82) is 0 Å². The molecule has 3 aromatic rings. The van der Waals surface area contributed by atoms with E-state index in [1.807, 2.05) is 55.5 Å². The molecule has 0 spiro atoms. The Hall–Kier alpha value is -3.02. The van der Waals surface area contributed by atoms with Crippen molar-refractivity contribution in [2.45, 2.75) is 25.2 Å². The van der Waals surface area contributed by atoms with Crippen LogP contribution in [0.25, 0.3) is 0 Å². The number of thioether (sulfide) groups is 1.